The Morgan fingerprint density at radius 1 is 1.00 bits per heavy atom. The number of ether oxygens (including phenoxy) is 1. The Balaban J connectivity index is 1.71. The Morgan fingerprint density at radius 2 is 1.76 bits per heavy atom. The first-order chi connectivity index (χ1) is 10.2. The molecule has 2 atom stereocenters. The van der Waals surface area contributed by atoms with Crippen LogP contribution in [0.15, 0.2) is 42.5 Å². The molecule has 0 saturated heterocycles. The van der Waals surface area contributed by atoms with Crippen molar-refractivity contribution in [3.63, 3.8) is 0 Å². The Bertz CT molecular complexity index is 673. The van der Waals surface area contributed by atoms with Gasteiger partial charge in [0, 0.05) is 12.0 Å². The van der Waals surface area contributed by atoms with Gasteiger partial charge < -0.3 is 9.84 Å². The zero-order valence-electron chi connectivity index (χ0n) is 12.3. The van der Waals surface area contributed by atoms with Gasteiger partial charge in [-0.25, -0.2) is 0 Å². The zero-order chi connectivity index (χ0) is 14.4. The third-order valence-corrected chi connectivity index (χ3v) is 4.59. The SMILES string of the molecule is Cc1ccc2c(c1)C(O)CC(c1ccccc1C1CC1)O2. The predicted octanol–water partition coefficient (Wildman–Crippen LogP) is 4.43. The normalized spacial score (nSPS) is 24.3. The van der Waals surface area contributed by atoms with Gasteiger partial charge >= 0.3 is 0 Å². The van der Waals surface area contributed by atoms with E-state index < -0.39 is 6.10 Å². The molecule has 1 saturated carbocycles. The fraction of sp³-hybridized carbons (Fsp3) is 0.368. The molecule has 1 N–H and O–H groups in total. The van der Waals surface area contributed by atoms with Gasteiger partial charge in [-0.2, -0.15) is 0 Å². The van der Waals surface area contributed by atoms with Crippen molar-refractivity contribution in [2.75, 3.05) is 0 Å². The van der Waals surface area contributed by atoms with E-state index >= 15 is 0 Å². The van der Waals surface area contributed by atoms with Crippen molar-refractivity contribution >= 4 is 0 Å². The molecule has 1 aliphatic heterocycles. The summed E-state index contributed by atoms with van der Waals surface area (Å²) in [6.07, 6.45) is 2.72. The van der Waals surface area contributed by atoms with Gasteiger partial charge in [-0.15, -0.1) is 0 Å². The zero-order valence-corrected chi connectivity index (χ0v) is 12.3. The molecule has 0 aromatic heterocycles. The van der Waals surface area contributed by atoms with Crippen LogP contribution in [-0.2, 0) is 0 Å². The van der Waals surface area contributed by atoms with Gasteiger partial charge in [0.1, 0.15) is 11.9 Å². The molecular weight excluding hydrogens is 260 g/mol. The van der Waals surface area contributed by atoms with Crippen LogP contribution in [0, 0.1) is 6.92 Å². The molecule has 2 heteroatoms. The smallest absolute Gasteiger partial charge is 0.127 e. The molecule has 108 valence electrons. The molecule has 2 aromatic rings. The molecule has 0 amide bonds. The summed E-state index contributed by atoms with van der Waals surface area (Å²) in [5.74, 6) is 1.52. The van der Waals surface area contributed by atoms with Crippen LogP contribution in [-0.4, -0.2) is 5.11 Å². The van der Waals surface area contributed by atoms with E-state index in [1.54, 1.807) is 0 Å². The summed E-state index contributed by atoms with van der Waals surface area (Å²) in [4.78, 5) is 0. The lowest BCUT2D eigenvalue weighted by Crippen LogP contribution is -2.20. The van der Waals surface area contributed by atoms with E-state index in [-0.39, 0.29) is 6.10 Å². The van der Waals surface area contributed by atoms with E-state index in [1.165, 1.54) is 24.0 Å². The minimum Gasteiger partial charge on any atom is -0.485 e. The number of aliphatic hydroxyl groups is 1. The topological polar surface area (TPSA) is 29.5 Å². The van der Waals surface area contributed by atoms with Crippen molar-refractivity contribution in [3.05, 3.63) is 64.7 Å². The summed E-state index contributed by atoms with van der Waals surface area (Å²) >= 11 is 0. The maximum atomic E-state index is 10.5. The van der Waals surface area contributed by atoms with E-state index in [0.717, 1.165) is 16.9 Å². The molecule has 1 fully saturated rings. The molecule has 2 nitrogen and oxygen atoms in total. The quantitative estimate of drug-likeness (QED) is 0.881. The first kappa shape index (κ1) is 12.9. The van der Waals surface area contributed by atoms with Crippen molar-refractivity contribution in [1.82, 2.24) is 0 Å². The molecule has 4 rings (SSSR count). The highest BCUT2D eigenvalue weighted by Gasteiger charge is 2.33. The second kappa shape index (κ2) is 4.88. The van der Waals surface area contributed by atoms with Gasteiger partial charge in [0.05, 0.1) is 6.10 Å². The molecular formula is C19H20O2. The Kier molecular flexibility index (Phi) is 3.00. The lowest BCUT2D eigenvalue weighted by Gasteiger charge is -2.31. The summed E-state index contributed by atoms with van der Waals surface area (Å²) in [6, 6.07) is 14.6. The average Bonchev–Trinajstić information content (AvgIpc) is 3.32. The van der Waals surface area contributed by atoms with Gasteiger partial charge in [0.25, 0.3) is 0 Å². The second-order valence-electron chi connectivity index (χ2n) is 6.30. The number of hydrogen-bond acceptors (Lipinski definition) is 2. The Labute approximate surface area is 125 Å². The van der Waals surface area contributed by atoms with Crippen molar-refractivity contribution in [1.29, 1.82) is 0 Å². The van der Waals surface area contributed by atoms with Gasteiger partial charge in [0.2, 0.25) is 0 Å². The maximum Gasteiger partial charge on any atom is 0.127 e. The van der Waals surface area contributed by atoms with Crippen LogP contribution in [0.25, 0.3) is 0 Å². The number of benzene rings is 2. The fourth-order valence-electron chi connectivity index (χ4n) is 3.33. The van der Waals surface area contributed by atoms with Gasteiger partial charge in [-0.05, 0) is 48.9 Å². The number of aliphatic hydroxyl groups excluding tert-OH is 1. The Morgan fingerprint density at radius 3 is 2.52 bits per heavy atom. The van der Waals surface area contributed by atoms with Crippen LogP contribution in [0.4, 0.5) is 0 Å². The number of rotatable bonds is 2. The van der Waals surface area contributed by atoms with Crippen LogP contribution >= 0.6 is 0 Å². The summed E-state index contributed by atoms with van der Waals surface area (Å²) in [6.45, 7) is 2.04. The predicted molar refractivity (Wildman–Crippen MR) is 82.5 cm³/mol. The fourth-order valence-corrected chi connectivity index (χ4v) is 3.33. The largest absolute Gasteiger partial charge is 0.485 e. The first-order valence-electron chi connectivity index (χ1n) is 7.76. The van der Waals surface area contributed by atoms with Crippen LogP contribution in [0.5, 0.6) is 5.75 Å². The lowest BCUT2D eigenvalue weighted by atomic mass is 9.90. The summed E-state index contributed by atoms with van der Waals surface area (Å²) < 4.78 is 6.20. The van der Waals surface area contributed by atoms with E-state index in [4.69, 9.17) is 4.74 Å². The van der Waals surface area contributed by atoms with Crippen molar-refractivity contribution in [2.45, 2.75) is 44.3 Å². The molecule has 1 heterocycles. The molecule has 2 aliphatic rings. The first-order valence-corrected chi connectivity index (χ1v) is 7.76. The van der Waals surface area contributed by atoms with E-state index in [9.17, 15) is 5.11 Å². The third-order valence-electron chi connectivity index (χ3n) is 4.59. The Hall–Kier alpha value is -1.80. The molecule has 2 aromatic carbocycles. The van der Waals surface area contributed by atoms with Crippen molar-refractivity contribution in [2.24, 2.45) is 0 Å². The highest BCUT2D eigenvalue weighted by molar-refractivity contribution is 5.43. The maximum absolute atomic E-state index is 10.5. The number of hydrogen-bond donors (Lipinski definition) is 1. The third kappa shape index (κ3) is 2.34. The lowest BCUT2D eigenvalue weighted by molar-refractivity contribution is 0.0652. The monoisotopic (exact) mass is 280 g/mol. The van der Waals surface area contributed by atoms with Crippen molar-refractivity contribution in [3.8, 4) is 5.75 Å². The highest BCUT2D eigenvalue weighted by atomic mass is 16.5. The summed E-state index contributed by atoms with van der Waals surface area (Å²) in [5, 5.41) is 10.5. The minimum atomic E-state index is -0.439. The van der Waals surface area contributed by atoms with Crippen LogP contribution in [0.2, 0.25) is 0 Å². The summed E-state index contributed by atoms with van der Waals surface area (Å²) in [7, 11) is 0. The summed E-state index contributed by atoms with van der Waals surface area (Å²) in [5.41, 5.74) is 4.75. The van der Waals surface area contributed by atoms with Gasteiger partial charge in [-0.1, -0.05) is 35.9 Å². The second-order valence-corrected chi connectivity index (χ2v) is 6.30. The number of aryl methyl sites for hydroxylation is 1. The minimum absolute atomic E-state index is 0.0352. The van der Waals surface area contributed by atoms with Crippen LogP contribution in [0.3, 0.4) is 0 Å². The van der Waals surface area contributed by atoms with E-state index in [1.807, 2.05) is 25.1 Å². The molecule has 21 heavy (non-hydrogen) atoms. The molecule has 1 aliphatic carbocycles. The molecule has 0 bridgehead atoms. The number of fused-ring (bicyclic) bond motifs is 1. The van der Waals surface area contributed by atoms with Gasteiger partial charge in [-0.3, -0.25) is 0 Å². The standard InChI is InChI=1S/C19H20O2/c1-12-6-9-18-16(10-12)17(20)11-19(21-18)15-5-3-2-4-14(15)13-7-8-13/h2-6,9-10,13,17,19-20H,7-8,11H2,1H3. The molecule has 2 unspecified atom stereocenters. The van der Waals surface area contributed by atoms with E-state index in [2.05, 4.69) is 24.3 Å². The van der Waals surface area contributed by atoms with Gasteiger partial charge in [0.15, 0.2) is 0 Å². The molecule has 0 spiro atoms. The van der Waals surface area contributed by atoms with Crippen LogP contribution < -0.4 is 4.74 Å². The average molecular weight is 280 g/mol. The van der Waals surface area contributed by atoms with E-state index in [0.29, 0.717) is 12.3 Å². The van der Waals surface area contributed by atoms with Crippen LogP contribution in [0.1, 0.15) is 59.6 Å². The van der Waals surface area contributed by atoms with Crippen molar-refractivity contribution < 1.29 is 9.84 Å². The highest BCUT2D eigenvalue weighted by Crippen LogP contribution is 2.47. The molecule has 0 radical (unpaired) electrons.